The lowest BCUT2D eigenvalue weighted by Gasteiger charge is -2.06. The van der Waals surface area contributed by atoms with Crippen LogP contribution in [-0.2, 0) is 6.54 Å². The Morgan fingerprint density at radius 3 is 2.67 bits per heavy atom. The first kappa shape index (κ1) is 19.3. The first-order chi connectivity index (χ1) is 14.6. The van der Waals surface area contributed by atoms with Crippen molar-refractivity contribution in [2.24, 2.45) is 0 Å². The van der Waals surface area contributed by atoms with E-state index in [9.17, 15) is 13.6 Å². The van der Waals surface area contributed by atoms with Crippen molar-refractivity contribution in [2.45, 2.75) is 6.54 Å². The molecule has 1 amide bonds. The molecular weight excluding hydrogens is 392 g/mol. The highest BCUT2D eigenvalue weighted by atomic mass is 19.1. The predicted molar refractivity (Wildman–Crippen MR) is 104 cm³/mol. The second-order valence-corrected chi connectivity index (χ2v) is 6.30. The van der Waals surface area contributed by atoms with Crippen LogP contribution < -0.4 is 10.1 Å². The second kappa shape index (κ2) is 8.52. The number of hydrogen-bond donors (Lipinski definition) is 1. The fraction of sp³-hybridized carbons (Fsp3) is 0.0455. The van der Waals surface area contributed by atoms with Crippen LogP contribution in [0, 0.1) is 11.6 Å². The molecule has 0 atom stereocenters. The molecule has 0 radical (unpaired) electrons. The third kappa shape index (κ3) is 4.49. The van der Waals surface area contributed by atoms with E-state index in [-0.39, 0.29) is 23.6 Å². The molecule has 150 valence electrons. The average molecular weight is 407 g/mol. The first-order valence-corrected chi connectivity index (χ1v) is 8.96. The largest absolute Gasteiger partial charge is 0.439 e. The van der Waals surface area contributed by atoms with Crippen LogP contribution in [0.15, 0.2) is 77.4 Å². The molecule has 0 unspecified atom stereocenters. The summed E-state index contributed by atoms with van der Waals surface area (Å²) in [6.45, 7) is 0.188. The quantitative estimate of drug-likeness (QED) is 0.500. The van der Waals surface area contributed by atoms with Gasteiger partial charge in [0.25, 0.3) is 5.91 Å². The molecule has 2 heterocycles. The van der Waals surface area contributed by atoms with Crippen LogP contribution in [0.5, 0.6) is 11.6 Å². The zero-order valence-electron chi connectivity index (χ0n) is 15.5. The lowest BCUT2D eigenvalue weighted by atomic mass is 10.1. The Morgan fingerprint density at radius 2 is 1.90 bits per heavy atom. The van der Waals surface area contributed by atoms with Gasteiger partial charge in [-0.15, -0.1) is 0 Å². The van der Waals surface area contributed by atoms with E-state index in [0.717, 1.165) is 0 Å². The minimum Gasteiger partial charge on any atom is -0.439 e. The lowest BCUT2D eigenvalue weighted by molar-refractivity contribution is 0.0942. The number of halogens is 2. The number of nitrogens with zero attached hydrogens (tertiary/aromatic N) is 2. The van der Waals surface area contributed by atoms with Crippen LogP contribution >= 0.6 is 0 Å². The topological polar surface area (TPSA) is 77.2 Å². The van der Waals surface area contributed by atoms with Crippen LogP contribution in [0.1, 0.15) is 16.1 Å². The molecule has 30 heavy (non-hydrogen) atoms. The van der Waals surface area contributed by atoms with E-state index in [0.29, 0.717) is 17.2 Å². The fourth-order valence-corrected chi connectivity index (χ4v) is 2.67. The maximum atomic E-state index is 13.8. The van der Waals surface area contributed by atoms with Gasteiger partial charge in [0.1, 0.15) is 17.4 Å². The molecule has 0 saturated heterocycles. The van der Waals surface area contributed by atoms with Crippen molar-refractivity contribution < 1.29 is 22.8 Å². The van der Waals surface area contributed by atoms with Gasteiger partial charge in [0.2, 0.25) is 5.88 Å². The molecule has 4 rings (SSSR count). The van der Waals surface area contributed by atoms with Gasteiger partial charge in [-0.1, -0.05) is 29.4 Å². The van der Waals surface area contributed by atoms with E-state index in [2.05, 4.69) is 15.5 Å². The van der Waals surface area contributed by atoms with Gasteiger partial charge < -0.3 is 14.6 Å². The monoisotopic (exact) mass is 407 g/mol. The molecule has 4 aromatic rings. The number of hydrogen-bond acceptors (Lipinski definition) is 5. The van der Waals surface area contributed by atoms with Gasteiger partial charge in [0.05, 0.1) is 5.56 Å². The third-order valence-electron chi connectivity index (χ3n) is 4.15. The minimum atomic E-state index is -0.471. The molecule has 2 aromatic carbocycles. The van der Waals surface area contributed by atoms with Crippen molar-refractivity contribution in [3.05, 3.63) is 95.8 Å². The summed E-state index contributed by atoms with van der Waals surface area (Å²) >= 11 is 0. The number of carbonyl (C=O) groups excluding carboxylic acids is 1. The third-order valence-corrected chi connectivity index (χ3v) is 4.15. The van der Waals surface area contributed by atoms with Crippen molar-refractivity contribution in [3.63, 3.8) is 0 Å². The number of amides is 1. The number of nitrogens with one attached hydrogen (secondary N) is 1. The molecule has 1 N–H and O–H groups in total. The van der Waals surface area contributed by atoms with Crippen LogP contribution in [0.25, 0.3) is 11.3 Å². The molecule has 2 aromatic heterocycles. The van der Waals surface area contributed by atoms with Gasteiger partial charge in [0, 0.05) is 30.9 Å². The average Bonchev–Trinajstić information content (AvgIpc) is 3.23. The normalized spacial score (nSPS) is 10.6. The SMILES string of the molecule is O=C(NCc1ccc(Oc2cccc(F)c2)nc1)c1cc(-c2ccccc2F)on1. The Balaban J connectivity index is 1.36. The van der Waals surface area contributed by atoms with Crippen LogP contribution in [0.4, 0.5) is 8.78 Å². The van der Waals surface area contributed by atoms with Crippen molar-refractivity contribution in [3.8, 4) is 23.0 Å². The van der Waals surface area contributed by atoms with Gasteiger partial charge in [0.15, 0.2) is 11.5 Å². The molecule has 0 saturated carbocycles. The maximum absolute atomic E-state index is 13.8. The number of carbonyl (C=O) groups is 1. The number of benzene rings is 2. The van der Waals surface area contributed by atoms with E-state index in [1.165, 1.54) is 42.6 Å². The van der Waals surface area contributed by atoms with Crippen molar-refractivity contribution >= 4 is 5.91 Å². The fourth-order valence-electron chi connectivity index (χ4n) is 2.67. The summed E-state index contributed by atoms with van der Waals surface area (Å²) in [7, 11) is 0. The van der Waals surface area contributed by atoms with Gasteiger partial charge in [-0.25, -0.2) is 13.8 Å². The summed E-state index contributed by atoms with van der Waals surface area (Å²) in [5.41, 5.74) is 0.974. The van der Waals surface area contributed by atoms with Gasteiger partial charge in [-0.2, -0.15) is 0 Å². The van der Waals surface area contributed by atoms with Gasteiger partial charge in [-0.05, 0) is 29.8 Å². The Bertz CT molecular complexity index is 1180. The Labute approximate surface area is 170 Å². The molecular formula is C22H15F2N3O3. The number of pyridine rings is 1. The summed E-state index contributed by atoms with van der Waals surface area (Å²) in [5.74, 6) is -0.549. The standard InChI is InChI=1S/C22H15F2N3O3/c23-15-4-3-5-16(10-15)29-21-9-8-14(12-25-21)13-26-22(28)19-11-20(30-27-19)17-6-1-2-7-18(17)24/h1-12H,13H2,(H,26,28). The smallest absolute Gasteiger partial charge is 0.273 e. The minimum absolute atomic E-state index is 0.0345. The number of rotatable bonds is 6. The van der Waals surface area contributed by atoms with Gasteiger partial charge >= 0.3 is 0 Å². The lowest BCUT2D eigenvalue weighted by Crippen LogP contribution is -2.23. The Morgan fingerprint density at radius 1 is 1.03 bits per heavy atom. The summed E-state index contributed by atoms with van der Waals surface area (Å²) in [4.78, 5) is 16.4. The van der Waals surface area contributed by atoms with Crippen LogP contribution in [-0.4, -0.2) is 16.0 Å². The van der Waals surface area contributed by atoms with Crippen LogP contribution in [0.3, 0.4) is 0 Å². The molecule has 8 heteroatoms. The van der Waals surface area contributed by atoms with Crippen molar-refractivity contribution in [2.75, 3.05) is 0 Å². The highest BCUT2D eigenvalue weighted by Crippen LogP contribution is 2.23. The van der Waals surface area contributed by atoms with E-state index >= 15 is 0 Å². The van der Waals surface area contributed by atoms with E-state index in [1.807, 2.05) is 0 Å². The molecule has 0 aliphatic rings. The predicted octanol–water partition coefficient (Wildman–Crippen LogP) is 4.74. The molecule has 6 nitrogen and oxygen atoms in total. The molecule has 0 aliphatic carbocycles. The summed E-state index contributed by atoms with van der Waals surface area (Å²) < 4.78 is 37.6. The maximum Gasteiger partial charge on any atom is 0.273 e. The Kier molecular flexibility index (Phi) is 5.47. The zero-order chi connectivity index (χ0) is 20.9. The molecule has 0 fully saturated rings. The molecule has 0 bridgehead atoms. The number of ether oxygens (including phenoxy) is 1. The van der Waals surface area contributed by atoms with Crippen LogP contribution in [0.2, 0.25) is 0 Å². The second-order valence-electron chi connectivity index (χ2n) is 6.30. The Hall–Kier alpha value is -4.07. The van der Waals surface area contributed by atoms with Gasteiger partial charge in [-0.3, -0.25) is 4.79 Å². The van der Waals surface area contributed by atoms with Crippen molar-refractivity contribution in [1.29, 1.82) is 0 Å². The summed E-state index contributed by atoms with van der Waals surface area (Å²) in [6, 6.07) is 16.5. The highest BCUT2D eigenvalue weighted by Gasteiger charge is 2.15. The first-order valence-electron chi connectivity index (χ1n) is 8.96. The zero-order valence-corrected chi connectivity index (χ0v) is 15.5. The van der Waals surface area contributed by atoms with E-state index < -0.39 is 17.5 Å². The summed E-state index contributed by atoms with van der Waals surface area (Å²) in [5, 5.41) is 6.38. The molecule has 0 spiro atoms. The molecule has 0 aliphatic heterocycles. The number of aromatic nitrogens is 2. The van der Waals surface area contributed by atoms with Crippen molar-refractivity contribution in [1.82, 2.24) is 15.5 Å². The summed E-state index contributed by atoms with van der Waals surface area (Å²) in [6.07, 6.45) is 1.53. The highest BCUT2D eigenvalue weighted by molar-refractivity contribution is 5.93. The van der Waals surface area contributed by atoms with E-state index in [1.54, 1.807) is 30.3 Å². The van der Waals surface area contributed by atoms with E-state index in [4.69, 9.17) is 9.26 Å².